The summed E-state index contributed by atoms with van der Waals surface area (Å²) in [6.07, 6.45) is -4.81. The normalized spacial score (nSPS) is 11.6. The van der Waals surface area contributed by atoms with E-state index in [1.807, 2.05) is 0 Å². The number of hydrogen-bond donors (Lipinski definition) is 0. The van der Waals surface area contributed by atoms with Gasteiger partial charge in [-0.2, -0.15) is 0 Å². The second kappa shape index (κ2) is 4.42. The largest absolute Gasteiger partial charge is 0.573 e. The summed E-state index contributed by atoms with van der Waals surface area (Å²) in [6.45, 7) is 3.54. The molecule has 1 rings (SSSR count). The van der Waals surface area contributed by atoms with Gasteiger partial charge in [-0.25, -0.2) is 0 Å². The fourth-order valence-electron chi connectivity index (χ4n) is 0.944. The molecule has 0 bridgehead atoms. The minimum atomic E-state index is -4.68. The summed E-state index contributed by atoms with van der Waals surface area (Å²) >= 11 is 0. The maximum absolute atomic E-state index is 11.9. The molecule has 0 unspecified atom stereocenters. The van der Waals surface area contributed by atoms with Crippen LogP contribution in [-0.2, 0) is 0 Å². The zero-order valence-electron chi connectivity index (χ0n) is 8.26. The van der Waals surface area contributed by atoms with E-state index in [0.29, 0.717) is 0 Å². The van der Waals surface area contributed by atoms with Gasteiger partial charge in [-0.3, -0.25) is 0 Å². The maximum atomic E-state index is 11.9. The van der Waals surface area contributed by atoms with Gasteiger partial charge in [0, 0.05) is 12.1 Å². The van der Waals surface area contributed by atoms with E-state index < -0.39 is 6.36 Å². The Morgan fingerprint density at radius 1 is 1.33 bits per heavy atom. The number of rotatable bonds is 3. The Balaban J connectivity index is 2.74. The van der Waals surface area contributed by atoms with Gasteiger partial charge in [0.2, 0.25) is 0 Å². The van der Waals surface area contributed by atoms with E-state index in [-0.39, 0.29) is 17.6 Å². The molecule has 1 aromatic rings. The van der Waals surface area contributed by atoms with Crippen molar-refractivity contribution in [2.45, 2.75) is 26.3 Å². The van der Waals surface area contributed by atoms with Gasteiger partial charge in [0.05, 0.1) is 6.10 Å². The van der Waals surface area contributed by atoms with Crippen LogP contribution in [0.3, 0.4) is 0 Å². The first-order valence-corrected chi connectivity index (χ1v) is 4.31. The van der Waals surface area contributed by atoms with Crippen molar-refractivity contribution < 1.29 is 22.6 Å². The zero-order chi connectivity index (χ0) is 11.5. The van der Waals surface area contributed by atoms with Crippen LogP contribution in [0.25, 0.3) is 0 Å². The van der Waals surface area contributed by atoms with Crippen LogP contribution < -0.4 is 9.47 Å². The number of benzene rings is 1. The van der Waals surface area contributed by atoms with Crippen molar-refractivity contribution in [3.8, 4) is 11.5 Å². The molecule has 5 heteroatoms. The predicted molar refractivity (Wildman–Crippen MR) is 47.7 cm³/mol. The van der Waals surface area contributed by atoms with Crippen LogP contribution in [0, 0.1) is 6.07 Å². The van der Waals surface area contributed by atoms with Crippen LogP contribution in [0.4, 0.5) is 13.2 Å². The van der Waals surface area contributed by atoms with Crippen LogP contribution >= 0.6 is 0 Å². The molecule has 1 aromatic carbocycles. The van der Waals surface area contributed by atoms with Crippen molar-refractivity contribution in [3.63, 3.8) is 0 Å². The quantitative estimate of drug-likeness (QED) is 0.777. The Kier molecular flexibility index (Phi) is 3.44. The number of ether oxygens (including phenoxy) is 2. The van der Waals surface area contributed by atoms with Gasteiger partial charge in [-0.05, 0) is 26.0 Å². The Morgan fingerprint density at radius 2 is 2.00 bits per heavy atom. The van der Waals surface area contributed by atoms with Gasteiger partial charge in [0.1, 0.15) is 11.5 Å². The highest BCUT2D eigenvalue weighted by Gasteiger charge is 2.31. The first kappa shape index (κ1) is 11.7. The number of halogens is 3. The second-order valence-corrected chi connectivity index (χ2v) is 3.10. The average molecular weight is 219 g/mol. The molecule has 0 aliphatic rings. The van der Waals surface area contributed by atoms with Gasteiger partial charge in [0.25, 0.3) is 0 Å². The second-order valence-electron chi connectivity index (χ2n) is 3.10. The number of hydrogen-bond acceptors (Lipinski definition) is 2. The van der Waals surface area contributed by atoms with Crippen LogP contribution in [0.15, 0.2) is 18.2 Å². The molecule has 0 saturated heterocycles. The van der Waals surface area contributed by atoms with Gasteiger partial charge >= 0.3 is 6.36 Å². The summed E-state index contributed by atoms with van der Waals surface area (Å²) in [5.74, 6) is -0.0800. The minimum absolute atomic E-state index is 0.123. The van der Waals surface area contributed by atoms with Crippen molar-refractivity contribution in [1.29, 1.82) is 0 Å². The Labute approximate surface area is 85.6 Å². The summed E-state index contributed by atoms with van der Waals surface area (Å²) in [7, 11) is 0. The molecule has 0 saturated carbocycles. The summed E-state index contributed by atoms with van der Waals surface area (Å²) < 4.78 is 44.5. The molecule has 1 radical (unpaired) electrons. The van der Waals surface area contributed by atoms with Crippen molar-refractivity contribution >= 4 is 0 Å². The fraction of sp³-hybridized carbons (Fsp3) is 0.400. The topological polar surface area (TPSA) is 18.5 Å². The molecule has 0 spiro atoms. The van der Waals surface area contributed by atoms with Crippen LogP contribution in [-0.4, -0.2) is 12.5 Å². The predicted octanol–water partition coefficient (Wildman–Crippen LogP) is 3.17. The third kappa shape index (κ3) is 4.58. The van der Waals surface area contributed by atoms with Crippen molar-refractivity contribution in [2.24, 2.45) is 0 Å². The molecule has 0 fully saturated rings. The summed E-state index contributed by atoms with van der Waals surface area (Å²) in [5, 5.41) is 0. The smallest absolute Gasteiger partial charge is 0.490 e. The molecule has 0 N–H and O–H groups in total. The van der Waals surface area contributed by atoms with E-state index in [4.69, 9.17) is 4.74 Å². The molecule has 0 aliphatic carbocycles. The van der Waals surface area contributed by atoms with E-state index in [1.54, 1.807) is 13.8 Å². The highest BCUT2D eigenvalue weighted by molar-refractivity contribution is 5.32. The summed E-state index contributed by atoms with van der Waals surface area (Å²) in [5.41, 5.74) is 0. The molecule has 0 atom stereocenters. The molecule has 0 aliphatic heterocycles. The Hall–Kier alpha value is -1.39. The third-order valence-corrected chi connectivity index (χ3v) is 1.34. The van der Waals surface area contributed by atoms with Gasteiger partial charge in [0.15, 0.2) is 0 Å². The highest BCUT2D eigenvalue weighted by Crippen LogP contribution is 2.25. The van der Waals surface area contributed by atoms with E-state index >= 15 is 0 Å². The molecule has 15 heavy (non-hydrogen) atoms. The van der Waals surface area contributed by atoms with E-state index in [0.717, 1.165) is 6.07 Å². The number of alkyl halides is 3. The highest BCUT2D eigenvalue weighted by atomic mass is 19.4. The molecule has 0 amide bonds. The zero-order valence-corrected chi connectivity index (χ0v) is 8.26. The van der Waals surface area contributed by atoms with Crippen LogP contribution in [0.2, 0.25) is 0 Å². The SMILES string of the molecule is CC(C)Oc1[c]ccc(OC(F)(F)F)c1. The first-order chi connectivity index (χ1) is 6.87. The lowest BCUT2D eigenvalue weighted by atomic mass is 10.3. The Bertz CT molecular complexity index is 321. The average Bonchev–Trinajstić information content (AvgIpc) is 1.99. The maximum Gasteiger partial charge on any atom is 0.573 e. The van der Waals surface area contributed by atoms with E-state index in [2.05, 4.69) is 10.8 Å². The molecular formula is C10H10F3O2. The third-order valence-electron chi connectivity index (χ3n) is 1.34. The molecule has 0 heterocycles. The van der Waals surface area contributed by atoms with Crippen molar-refractivity contribution in [1.82, 2.24) is 0 Å². The molecule has 0 aromatic heterocycles. The monoisotopic (exact) mass is 219 g/mol. The summed E-state index contributed by atoms with van der Waals surface area (Å²) in [4.78, 5) is 0. The lowest BCUT2D eigenvalue weighted by Crippen LogP contribution is -2.17. The van der Waals surface area contributed by atoms with Gasteiger partial charge < -0.3 is 9.47 Å². The van der Waals surface area contributed by atoms with E-state index in [1.165, 1.54) is 12.1 Å². The first-order valence-electron chi connectivity index (χ1n) is 4.31. The fourth-order valence-corrected chi connectivity index (χ4v) is 0.944. The van der Waals surface area contributed by atoms with Crippen molar-refractivity contribution in [2.75, 3.05) is 0 Å². The van der Waals surface area contributed by atoms with Gasteiger partial charge in [-0.15, -0.1) is 13.2 Å². The van der Waals surface area contributed by atoms with Crippen LogP contribution in [0.1, 0.15) is 13.8 Å². The Morgan fingerprint density at radius 3 is 2.53 bits per heavy atom. The summed E-state index contributed by atoms with van der Waals surface area (Å²) in [6, 6.07) is 6.29. The van der Waals surface area contributed by atoms with E-state index in [9.17, 15) is 13.2 Å². The van der Waals surface area contributed by atoms with Gasteiger partial charge in [-0.1, -0.05) is 0 Å². The molecular weight excluding hydrogens is 209 g/mol. The minimum Gasteiger partial charge on any atom is -0.490 e. The standard InChI is InChI=1S/C10H10F3O2/c1-7(2)14-8-4-3-5-9(6-8)15-10(11,12)13/h3,5-7H,1-2H3. The lowest BCUT2D eigenvalue weighted by Gasteiger charge is -2.12. The van der Waals surface area contributed by atoms with Crippen molar-refractivity contribution in [3.05, 3.63) is 24.3 Å². The van der Waals surface area contributed by atoms with Crippen LogP contribution in [0.5, 0.6) is 11.5 Å². The molecule has 83 valence electrons. The lowest BCUT2D eigenvalue weighted by molar-refractivity contribution is -0.274. The molecule has 2 nitrogen and oxygen atoms in total.